The first-order chi connectivity index (χ1) is 6.27. The lowest BCUT2D eigenvalue weighted by molar-refractivity contribution is 0.263. The van der Waals surface area contributed by atoms with Crippen LogP contribution in [0.15, 0.2) is 4.99 Å². The number of aliphatic imine (C=N–C) groups is 1. The minimum atomic E-state index is 0.526. The second-order valence-electron chi connectivity index (χ2n) is 3.67. The molecule has 1 atom stereocenters. The molecule has 1 unspecified atom stereocenters. The highest BCUT2D eigenvalue weighted by molar-refractivity contribution is 8.14. The van der Waals surface area contributed by atoms with Crippen LogP contribution in [0.1, 0.15) is 26.2 Å². The molecule has 2 heterocycles. The van der Waals surface area contributed by atoms with Crippen LogP contribution in [-0.2, 0) is 0 Å². The Hall–Kier alpha value is -0.510. The fourth-order valence-corrected chi connectivity index (χ4v) is 2.78. The van der Waals surface area contributed by atoms with Crippen LogP contribution < -0.4 is 0 Å². The van der Waals surface area contributed by atoms with Gasteiger partial charge in [0.15, 0.2) is 5.17 Å². The summed E-state index contributed by atoms with van der Waals surface area (Å²) in [6.07, 6.45) is 3.89. The highest BCUT2D eigenvalue weighted by atomic mass is 32.2. The summed E-state index contributed by atoms with van der Waals surface area (Å²) in [6.45, 7) is 3.38. The average molecular weight is 197 g/mol. The number of rotatable bonds is 0. The van der Waals surface area contributed by atoms with Crippen molar-refractivity contribution in [2.24, 2.45) is 4.99 Å². The third-order valence-electron chi connectivity index (χ3n) is 2.62. The predicted molar refractivity (Wildman–Crippen MR) is 57.6 cm³/mol. The van der Waals surface area contributed by atoms with E-state index in [1.807, 2.05) is 0 Å². The van der Waals surface area contributed by atoms with E-state index in [4.69, 9.17) is 5.41 Å². The van der Waals surface area contributed by atoms with E-state index in [-0.39, 0.29) is 0 Å². The first-order valence-corrected chi connectivity index (χ1v) is 5.81. The number of nitrogens with zero attached hydrogens (tertiary/aromatic N) is 2. The van der Waals surface area contributed by atoms with Crippen LogP contribution in [0.2, 0.25) is 0 Å². The minimum absolute atomic E-state index is 0.526. The van der Waals surface area contributed by atoms with E-state index in [0.717, 1.165) is 17.5 Å². The molecule has 4 heteroatoms. The molecule has 3 nitrogen and oxygen atoms in total. The van der Waals surface area contributed by atoms with Crippen LogP contribution in [-0.4, -0.2) is 34.2 Å². The number of piperidine rings is 1. The third kappa shape index (κ3) is 1.88. The molecule has 13 heavy (non-hydrogen) atoms. The van der Waals surface area contributed by atoms with Gasteiger partial charge in [-0.1, -0.05) is 11.8 Å². The first kappa shape index (κ1) is 9.06. The van der Waals surface area contributed by atoms with Crippen molar-refractivity contribution in [1.29, 1.82) is 5.41 Å². The summed E-state index contributed by atoms with van der Waals surface area (Å²) >= 11 is 1.71. The maximum absolute atomic E-state index is 7.43. The van der Waals surface area contributed by atoms with E-state index >= 15 is 0 Å². The minimum Gasteiger partial charge on any atom is -0.348 e. The lowest BCUT2D eigenvalue weighted by Gasteiger charge is -2.34. The van der Waals surface area contributed by atoms with Crippen LogP contribution >= 0.6 is 11.8 Å². The predicted octanol–water partition coefficient (Wildman–Crippen LogP) is 1.94. The van der Waals surface area contributed by atoms with E-state index in [2.05, 4.69) is 16.8 Å². The van der Waals surface area contributed by atoms with Gasteiger partial charge in [-0.05, 0) is 26.2 Å². The number of thioether (sulfide) groups is 1. The second-order valence-corrected chi connectivity index (χ2v) is 4.61. The molecule has 1 saturated heterocycles. The van der Waals surface area contributed by atoms with E-state index in [1.165, 1.54) is 19.3 Å². The number of hydrogen-bond acceptors (Lipinski definition) is 3. The number of likely N-dealkylation sites (tertiary alicyclic amines) is 1. The van der Waals surface area contributed by atoms with Gasteiger partial charge in [-0.25, -0.2) is 4.99 Å². The van der Waals surface area contributed by atoms with E-state index < -0.39 is 0 Å². The smallest absolute Gasteiger partial charge is 0.166 e. The van der Waals surface area contributed by atoms with Gasteiger partial charge < -0.3 is 4.90 Å². The highest BCUT2D eigenvalue weighted by Crippen LogP contribution is 2.24. The van der Waals surface area contributed by atoms with E-state index in [0.29, 0.717) is 11.9 Å². The Morgan fingerprint density at radius 1 is 1.54 bits per heavy atom. The van der Waals surface area contributed by atoms with Gasteiger partial charge in [0.2, 0.25) is 0 Å². The lowest BCUT2D eigenvalue weighted by Crippen LogP contribution is -2.40. The van der Waals surface area contributed by atoms with Crippen molar-refractivity contribution >= 4 is 22.8 Å². The molecule has 0 aromatic carbocycles. The van der Waals surface area contributed by atoms with Crippen molar-refractivity contribution in [3.8, 4) is 0 Å². The molecular weight excluding hydrogens is 182 g/mol. The maximum atomic E-state index is 7.43. The summed E-state index contributed by atoms with van der Waals surface area (Å²) in [5.74, 6) is 1.29. The quantitative estimate of drug-likeness (QED) is 0.644. The third-order valence-corrected chi connectivity index (χ3v) is 3.62. The lowest BCUT2D eigenvalue weighted by atomic mass is 10.1. The Bertz CT molecular complexity index is 249. The van der Waals surface area contributed by atoms with Crippen molar-refractivity contribution in [1.82, 2.24) is 4.90 Å². The standard InChI is InChI=1S/C9H15N3S/c1-7-4-2-3-5-12(7)9-11-8(10)6-13-9/h7,10H,2-6H2,1H3. The molecule has 0 aromatic rings. The van der Waals surface area contributed by atoms with Gasteiger partial charge in [-0.3, -0.25) is 5.41 Å². The van der Waals surface area contributed by atoms with Gasteiger partial charge in [0.25, 0.3) is 0 Å². The Labute approximate surface area is 83.1 Å². The molecule has 72 valence electrons. The molecular formula is C9H15N3S. The van der Waals surface area contributed by atoms with Crippen molar-refractivity contribution in [3.05, 3.63) is 0 Å². The molecule has 0 spiro atoms. The summed E-state index contributed by atoms with van der Waals surface area (Å²) in [7, 11) is 0. The van der Waals surface area contributed by atoms with Gasteiger partial charge in [0.1, 0.15) is 5.84 Å². The van der Waals surface area contributed by atoms with Crippen molar-refractivity contribution in [2.45, 2.75) is 32.2 Å². The summed E-state index contributed by atoms with van der Waals surface area (Å²) in [6, 6.07) is 0.617. The van der Waals surface area contributed by atoms with Gasteiger partial charge in [0, 0.05) is 12.6 Å². The molecule has 2 rings (SSSR count). The van der Waals surface area contributed by atoms with Crippen molar-refractivity contribution in [3.63, 3.8) is 0 Å². The molecule has 0 saturated carbocycles. The Kier molecular flexibility index (Phi) is 2.58. The molecule has 2 aliphatic heterocycles. The number of nitrogens with one attached hydrogen (secondary N) is 1. The molecule has 0 aliphatic carbocycles. The fraction of sp³-hybridized carbons (Fsp3) is 0.778. The van der Waals surface area contributed by atoms with Crippen LogP contribution in [0.5, 0.6) is 0 Å². The molecule has 0 aromatic heterocycles. The molecule has 2 aliphatic rings. The van der Waals surface area contributed by atoms with Gasteiger partial charge in [-0.15, -0.1) is 0 Å². The monoisotopic (exact) mass is 197 g/mol. The SMILES string of the molecule is CC1CCCCN1C1=NC(=N)CS1. The zero-order valence-corrected chi connectivity index (χ0v) is 8.73. The van der Waals surface area contributed by atoms with Crippen molar-refractivity contribution in [2.75, 3.05) is 12.3 Å². The van der Waals surface area contributed by atoms with E-state index in [9.17, 15) is 0 Å². The first-order valence-electron chi connectivity index (χ1n) is 4.83. The summed E-state index contributed by atoms with van der Waals surface area (Å²) < 4.78 is 0. The van der Waals surface area contributed by atoms with Gasteiger partial charge >= 0.3 is 0 Å². The molecule has 1 fully saturated rings. The number of amidine groups is 2. The van der Waals surface area contributed by atoms with Gasteiger partial charge in [0.05, 0.1) is 5.75 Å². The molecule has 0 radical (unpaired) electrons. The Balaban J connectivity index is 2.06. The summed E-state index contributed by atoms with van der Waals surface area (Å²) in [5, 5.41) is 8.51. The van der Waals surface area contributed by atoms with Crippen molar-refractivity contribution < 1.29 is 0 Å². The summed E-state index contributed by atoms with van der Waals surface area (Å²) in [4.78, 5) is 6.61. The largest absolute Gasteiger partial charge is 0.348 e. The second kappa shape index (κ2) is 3.70. The van der Waals surface area contributed by atoms with Crippen LogP contribution in [0, 0.1) is 5.41 Å². The zero-order chi connectivity index (χ0) is 9.26. The average Bonchev–Trinajstić information content (AvgIpc) is 2.53. The van der Waals surface area contributed by atoms with E-state index in [1.54, 1.807) is 11.8 Å². The Morgan fingerprint density at radius 3 is 3.00 bits per heavy atom. The maximum Gasteiger partial charge on any atom is 0.166 e. The van der Waals surface area contributed by atoms with Gasteiger partial charge in [-0.2, -0.15) is 0 Å². The normalized spacial score (nSPS) is 29.3. The fourth-order valence-electron chi connectivity index (χ4n) is 1.84. The topological polar surface area (TPSA) is 39.5 Å². The van der Waals surface area contributed by atoms with Crippen LogP contribution in [0.4, 0.5) is 0 Å². The molecule has 1 N–H and O–H groups in total. The zero-order valence-electron chi connectivity index (χ0n) is 7.92. The molecule has 0 amide bonds. The number of hydrogen-bond donors (Lipinski definition) is 1. The highest BCUT2D eigenvalue weighted by Gasteiger charge is 2.25. The Morgan fingerprint density at radius 2 is 2.38 bits per heavy atom. The molecule has 0 bridgehead atoms. The van der Waals surface area contributed by atoms with Crippen LogP contribution in [0.25, 0.3) is 0 Å². The van der Waals surface area contributed by atoms with Crippen LogP contribution in [0.3, 0.4) is 0 Å². The summed E-state index contributed by atoms with van der Waals surface area (Å²) in [5.41, 5.74) is 0.